The third-order valence-corrected chi connectivity index (χ3v) is 6.97. The van der Waals surface area contributed by atoms with Crippen LogP contribution in [-0.4, -0.2) is 37.6 Å². The molecule has 0 saturated heterocycles. The summed E-state index contributed by atoms with van der Waals surface area (Å²) in [6, 6.07) is 41.4. The number of ether oxygens (including phenoxy) is 4. The zero-order valence-corrected chi connectivity index (χ0v) is 26.7. The fourth-order valence-corrected chi connectivity index (χ4v) is 4.61. The molecule has 4 N–H and O–H groups in total. The molecule has 12 nitrogen and oxygen atoms in total. The Hall–Kier alpha value is -6.82. The Balaban J connectivity index is 1.35. The van der Waals surface area contributed by atoms with E-state index in [0.717, 1.165) is 0 Å². The summed E-state index contributed by atoms with van der Waals surface area (Å²) in [6.07, 6.45) is -5.31. The molecule has 0 aliphatic carbocycles. The molecule has 12 heteroatoms. The lowest BCUT2D eigenvalue weighted by Crippen LogP contribution is -2.25. The van der Waals surface area contributed by atoms with Crippen molar-refractivity contribution in [3.8, 4) is 0 Å². The van der Waals surface area contributed by atoms with E-state index in [2.05, 4.69) is 21.3 Å². The van der Waals surface area contributed by atoms with E-state index in [1.54, 1.807) is 133 Å². The van der Waals surface area contributed by atoms with Gasteiger partial charge in [0.25, 0.3) is 0 Å². The molecule has 0 heterocycles. The van der Waals surface area contributed by atoms with E-state index in [1.807, 2.05) is 12.1 Å². The van der Waals surface area contributed by atoms with Crippen molar-refractivity contribution in [1.82, 2.24) is 0 Å². The topological polar surface area (TPSA) is 153 Å². The average Bonchev–Trinajstić information content (AvgIpc) is 3.13. The molecule has 0 aliphatic heterocycles. The van der Waals surface area contributed by atoms with Gasteiger partial charge in [-0.3, -0.25) is 21.3 Å². The lowest BCUT2D eigenvalue weighted by atomic mass is 10.0. The van der Waals surface area contributed by atoms with Crippen LogP contribution in [0.5, 0.6) is 0 Å². The van der Waals surface area contributed by atoms with E-state index >= 15 is 0 Å². The molecule has 0 aliphatic rings. The van der Waals surface area contributed by atoms with Gasteiger partial charge in [-0.1, -0.05) is 91.0 Å². The van der Waals surface area contributed by atoms with Crippen molar-refractivity contribution in [3.63, 3.8) is 0 Å². The average molecular weight is 675 g/mol. The first kappa shape index (κ1) is 34.5. The molecule has 0 radical (unpaired) electrons. The minimum Gasteiger partial charge on any atom is -0.445 e. The summed E-state index contributed by atoms with van der Waals surface area (Å²) < 4.78 is 22.4. The van der Waals surface area contributed by atoms with Gasteiger partial charge in [0.15, 0.2) is 12.2 Å². The number of hydrogen-bond donors (Lipinski definition) is 4. The molecule has 5 aromatic carbocycles. The number of amides is 4. The highest BCUT2D eigenvalue weighted by Gasteiger charge is 2.24. The summed E-state index contributed by atoms with van der Waals surface area (Å²) in [5, 5.41) is 10.5. The molecule has 5 rings (SSSR count). The van der Waals surface area contributed by atoms with Crippen molar-refractivity contribution in [2.45, 2.75) is 12.2 Å². The van der Waals surface area contributed by atoms with E-state index in [-0.39, 0.29) is 13.2 Å². The Labute approximate surface area is 288 Å². The second-order valence-corrected chi connectivity index (χ2v) is 10.6. The van der Waals surface area contributed by atoms with Crippen molar-refractivity contribution < 1.29 is 38.1 Å². The van der Waals surface area contributed by atoms with E-state index < -0.39 is 36.6 Å². The maximum atomic E-state index is 13.0. The maximum Gasteiger partial charge on any atom is 0.412 e. The Morgan fingerprint density at radius 1 is 0.400 bits per heavy atom. The van der Waals surface area contributed by atoms with Crippen LogP contribution in [0.3, 0.4) is 0 Å². The number of rotatable bonds is 12. The molecule has 0 bridgehead atoms. The quantitative estimate of drug-likeness (QED) is 0.0958. The Kier molecular flexibility index (Phi) is 12.4. The number of carbonyl (C=O) groups is 4. The summed E-state index contributed by atoms with van der Waals surface area (Å²) in [5.41, 5.74) is 2.84. The third kappa shape index (κ3) is 11.2. The molecular weight excluding hydrogens is 640 g/mol. The molecule has 0 aromatic heterocycles. The van der Waals surface area contributed by atoms with Gasteiger partial charge in [0.2, 0.25) is 0 Å². The molecule has 0 saturated carbocycles. The van der Waals surface area contributed by atoms with Crippen LogP contribution in [0.2, 0.25) is 0 Å². The fraction of sp³-hybridized carbons (Fsp3) is 0.105. The van der Waals surface area contributed by atoms with Gasteiger partial charge in [0.1, 0.15) is 13.2 Å². The lowest BCUT2D eigenvalue weighted by molar-refractivity contribution is 0.0517. The number of nitrogens with one attached hydrogen (secondary N) is 4. The van der Waals surface area contributed by atoms with Crippen LogP contribution in [0, 0.1) is 0 Å². The van der Waals surface area contributed by atoms with Gasteiger partial charge in [0, 0.05) is 22.7 Å². The molecule has 2 atom stereocenters. The van der Waals surface area contributed by atoms with Crippen molar-refractivity contribution in [1.29, 1.82) is 0 Å². The molecule has 254 valence electrons. The predicted molar refractivity (Wildman–Crippen MR) is 188 cm³/mol. The van der Waals surface area contributed by atoms with Gasteiger partial charge in [-0.25, -0.2) is 19.2 Å². The maximum absolute atomic E-state index is 13.0. The van der Waals surface area contributed by atoms with E-state index in [4.69, 9.17) is 18.9 Å². The first-order chi connectivity index (χ1) is 24.4. The number of carbonyl (C=O) groups excluding carboxylic acids is 4. The van der Waals surface area contributed by atoms with Crippen LogP contribution in [-0.2, 0) is 18.9 Å². The highest BCUT2D eigenvalue weighted by molar-refractivity contribution is 5.86. The van der Waals surface area contributed by atoms with Crippen LogP contribution in [0.1, 0.15) is 23.3 Å². The van der Waals surface area contributed by atoms with Gasteiger partial charge in [-0.15, -0.1) is 0 Å². The second kappa shape index (κ2) is 17.9. The van der Waals surface area contributed by atoms with E-state index in [0.29, 0.717) is 33.9 Å². The summed E-state index contributed by atoms with van der Waals surface area (Å²) in [7, 11) is 0. The summed E-state index contributed by atoms with van der Waals surface area (Å²) >= 11 is 0. The van der Waals surface area contributed by atoms with Crippen molar-refractivity contribution >= 4 is 47.1 Å². The number of anilines is 4. The van der Waals surface area contributed by atoms with Gasteiger partial charge < -0.3 is 18.9 Å². The van der Waals surface area contributed by atoms with E-state index in [9.17, 15) is 19.2 Å². The summed E-state index contributed by atoms with van der Waals surface area (Å²) in [5.74, 6) is 0. The van der Waals surface area contributed by atoms with Gasteiger partial charge in [-0.05, 0) is 65.7 Å². The highest BCUT2D eigenvalue weighted by atomic mass is 16.6. The predicted octanol–water partition coefficient (Wildman–Crippen LogP) is 8.76. The first-order valence-corrected chi connectivity index (χ1v) is 15.5. The smallest absolute Gasteiger partial charge is 0.412 e. The monoisotopic (exact) mass is 674 g/mol. The molecule has 0 spiro atoms. The highest BCUT2D eigenvalue weighted by Crippen LogP contribution is 2.26. The van der Waals surface area contributed by atoms with Crippen LogP contribution < -0.4 is 21.3 Å². The van der Waals surface area contributed by atoms with Crippen LogP contribution >= 0.6 is 0 Å². The Morgan fingerprint density at radius 3 is 1.02 bits per heavy atom. The fourth-order valence-electron chi connectivity index (χ4n) is 4.61. The van der Waals surface area contributed by atoms with Crippen LogP contribution in [0.25, 0.3) is 0 Å². The molecular formula is C38H34N4O8. The van der Waals surface area contributed by atoms with Crippen LogP contribution in [0.4, 0.5) is 41.9 Å². The molecule has 0 unspecified atom stereocenters. The largest absolute Gasteiger partial charge is 0.445 e. The van der Waals surface area contributed by atoms with Gasteiger partial charge >= 0.3 is 24.4 Å². The minimum absolute atomic E-state index is 0.361. The lowest BCUT2D eigenvalue weighted by Gasteiger charge is -2.22. The van der Waals surface area contributed by atoms with Crippen molar-refractivity contribution in [2.75, 3.05) is 34.5 Å². The zero-order chi connectivity index (χ0) is 35.0. The molecule has 0 fully saturated rings. The normalized spacial score (nSPS) is 11.5. The summed E-state index contributed by atoms with van der Waals surface area (Å²) in [4.78, 5) is 51.2. The molecule has 4 amide bonds. The second-order valence-electron chi connectivity index (χ2n) is 10.6. The van der Waals surface area contributed by atoms with Gasteiger partial charge in [-0.2, -0.15) is 0 Å². The number of benzene rings is 5. The van der Waals surface area contributed by atoms with Crippen LogP contribution in [0.15, 0.2) is 146 Å². The van der Waals surface area contributed by atoms with Crippen molar-refractivity contribution in [2.24, 2.45) is 0 Å². The molecule has 50 heavy (non-hydrogen) atoms. The molecule has 5 aromatic rings. The minimum atomic E-state index is -1.10. The Bertz CT molecular complexity index is 1710. The Morgan fingerprint density at radius 2 is 0.700 bits per heavy atom. The standard InChI is InChI=1S/C38H34N4O8/c43-35(39-29-16-5-1-6-17-29)47-25-33(49-37(45)41-31-20-9-3-10-21-31)27-14-13-15-28(24-27)34(50-38(46)42-32-22-11-4-12-23-32)26-48-36(44)40-30-18-7-2-8-19-30/h1-24,33-34H,25-26H2,(H,39,43)(H,40,44)(H,41,45)(H,42,46)/t33-,34+. The number of hydrogen-bond acceptors (Lipinski definition) is 8. The van der Waals surface area contributed by atoms with Crippen molar-refractivity contribution in [3.05, 3.63) is 157 Å². The zero-order valence-electron chi connectivity index (χ0n) is 26.7. The first-order valence-electron chi connectivity index (χ1n) is 15.5. The number of para-hydroxylation sites is 4. The third-order valence-electron chi connectivity index (χ3n) is 6.97. The van der Waals surface area contributed by atoms with E-state index in [1.165, 1.54) is 0 Å². The van der Waals surface area contributed by atoms with Gasteiger partial charge in [0.05, 0.1) is 0 Å². The summed E-state index contributed by atoms with van der Waals surface area (Å²) in [6.45, 7) is -0.722. The SMILES string of the molecule is O=C(Nc1ccccc1)OC[C@H](OC(=O)Nc1ccccc1)c1cccc([C@@H](COC(=O)Nc2ccccc2)OC(=O)Nc2ccccc2)c1.